The Morgan fingerprint density at radius 3 is 2.62 bits per heavy atom. The summed E-state index contributed by atoms with van der Waals surface area (Å²) in [6.45, 7) is 7.71. The van der Waals surface area contributed by atoms with Crippen molar-refractivity contribution in [3.8, 4) is 0 Å². The largest absolute Gasteiger partial charge is 0.314 e. The lowest BCUT2D eigenvalue weighted by molar-refractivity contribution is 0.368. The van der Waals surface area contributed by atoms with Crippen molar-refractivity contribution in [2.75, 3.05) is 6.54 Å². The summed E-state index contributed by atoms with van der Waals surface area (Å²) in [7, 11) is 0. The molecule has 0 aliphatic heterocycles. The highest BCUT2D eigenvalue weighted by Crippen LogP contribution is 2.14. The first kappa shape index (κ1) is 13.7. The number of nitrogens with zero attached hydrogens (tertiary/aromatic N) is 1. The number of halogens is 1. The minimum absolute atomic E-state index is 0.531. The van der Waals surface area contributed by atoms with E-state index in [9.17, 15) is 0 Å². The predicted octanol–water partition coefficient (Wildman–Crippen LogP) is 3.41. The molecule has 1 N–H and O–H groups in total. The zero-order valence-electron chi connectivity index (χ0n) is 10.3. The Hall–Kier alpha value is -0.410. The highest BCUT2D eigenvalue weighted by molar-refractivity contribution is 9.10. The van der Waals surface area contributed by atoms with Gasteiger partial charge in [-0.2, -0.15) is 0 Å². The maximum atomic E-state index is 4.43. The van der Waals surface area contributed by atoms with Gasteiger partial charge < -0.3 is 5.32 Å². The number of pyridine rings is 1. The van der Waals surface area contributed by atoms with E-state index in [2.05, 4.69) is 59.1 Å². The zero-order chi connectivity index (χ0) is 12.0. The lowest BCUT2D eigenvalue weighted by Gasteiger charge is -2.23. The number of hydrogen-bond donors (Lipinski definition) is 1. The molecular weight excluding hydrogens is 264 g/mol. The Morgan fingerprint density at radius 1 is 1.38 bits per heavy atom. The molecule has 1 rings (SSSR count). The maximum Gasteiger partial charge on any atom is 0.0420 e. The van der Waals surface area contributed by atoms with Crippen LogP contribution in [0.4, 0.5) is 0 Å². The van der Waals surface area contributed by atoms with Gasteiger partial charge in [0.05, 0.1) is 0 Å². The summed E-state index contributed by atoms with van der Waals surface area (Å²) in [6, 6.07) is 4.68. The van der Waals surface area contributed by atoms with E-state index in [4.69, 9.17) is 0 Å². The molecule has 2 atom stereocenters. The summed E-state index contributed by atoms with van der Waals surface area (Å²) >= 11 is 3.41. The number of aromatic nitrogens is 1. The Labute approximate surface area is 107 Å². The van der Waals surface area contributed by atoms with Gasteiger partial charge in [-0.3, -0.25) is 4.98 Å². The third-order valence-electron chi connectivity index (χ3n) is 3.01. The van der Waals surface area contributed by atoms with E-state index in [1.165, 1.54) is 6.42 Å². The highest BCUT2D eigenvalue weighted by Gasteiger charge is 2.15. The SMILES string of the molecule is CCNC(Cc1ccc(Br)cn1)C(C)CC. The molecule has 0 amide bonds. The molecule has 0 aromatic carbocycles. The molecule has 90 valence electrons. The molecule has 2 nitrogen and oxygen atoms in total. The standard InChI is InChI=1S/C13H21BrN2/c1-4-10(3)13(15-5-2)8-12-7-6-11(14)9-16-12/h6-7,9-10,13,15H,4-5,8H2,1-3H3. The molecule has 0 saturated carbocycles. The summed E-state index contributed by atoms with van der Waals surface area (Å²) in [5, 5.41) is 3.54. The Balaban J connectivity index is 2.63. The Kier molecular flexibility index (Phi) is 5.99. The van der Waals surface area contributed by atoms with Crippen molar-refractivity contribution in [1.29, 1.82) is 0 Å². The van der Waals surface area contributed by atoms with Gasteiger partial charge in [0.25, 0.3) is 0 Å². The molecule has 0 saturated heterocycles. The molecule has 1 aromatic heterocycles. The quantitative estimate of drug-likeness (QED) is 0.866. The van der Waals surface area contributed by atoms with Gasteiger partial charge >= 0.3 is 0 Å². The zero-order valence-corrected chi connectivity index (χ0v) is 11.9. The van der Waals surface area contributed by atoms with Crippen molar-refractivity contribution in [3.05, 3.63) is 28.5 Å². The smallest absolute Gasteiger partial charge is 0.0420 e. The molecule has 0 spiro atoms. The first-order valence-corrected chi connectivity index (χ1v) is 6.80. The van der Waals surface area contributed by atoms with Gasteiger partial charge in [-0.25, -0.2) is 0 Å². The second kappa shape index (κ2) is 7.02. The van der Waals surface area contributed by atoms with Crippen molar-refractivity contribution in [3.63, 3.8) is 0 Å². The van der Waals surface area contributed by atoms with Crippen LogP contribution >= 0.6 is 15.9 Å². The van der Waals surface area contributed by atoms with Crippen molar-refractivity contribution in [2.45, 2.75) is 39.7 Å². The number of nitrogens with one attached hydrogen (secondary N) is 1. The van der Waals surface area contributed by atoms with Crippen molar-refractivity contribution in [1.82, 2.24) is 10.3 Å². The van der Waals surface area contributed by atoms with Crippen molar-refractivity contribution in [2.24, 2.45) is 5.92 Å². The van der Waals surface area contributed by atoms with Gasteiger partial charge in [0.15, 0.2) is 0 Å². The van der Waals surface area contributed by atoms with Gasteiger partial charge in [0.2, 0.25) is 0 Å². The molecule has 0 radical (unpaired) electrons. The summed E-state index contributed by atoms with van der Waals surface area (Å²) in [5.41, 5.74) is 1.16. The van der Waals surface area contributed by atoms with Gasteiger partial charge in [0.1, 0.15) is 0 Å². The van der Waals surface area contributed by atoms with E-state index >= 15 is 0 Å². The first-order chi connectivity index (χ1) is 7.67. The molecule has 0 aliphatic carbocycles. The molecule has 0 aliphatic rings. The lowest BCUT2D eigenvalue weighted by Crippen LogP contribution is -2.36. The van der Waals surface area contributed by atoms with Crippen LogP contribution in [0.3, 0.4) is 0 Å². The fraction of sp³-hybridized carbons (Fsp3) is 0.615. The number of rotatable bonds is 6. The van der Waals surface area contributed by atoms with Crippen LogP contribution in [0.2, 0.25) is 0 Å². The van der Waals surface area contributed by atoms with Crippen LogP contribution in [-0.4, -0.2) is 17.6 Å². The van der Waals surface area contributed by atoms with Crippen LogP contribution in [-0.2, 0) is 6.42 Å². The fourth-order valence-electron chi connectivity index (χ4n) is 1.77. The number of likely N-dealkylation sites (N-methyl/N-ethyl adjacent to an activating group) is 1. The van der Waals surface area contributed by atoms with E-state index in [0.717, 1.165) is 23.1 Å². The molecular formula is C13H21BrN2. The molecule has 1 heterocycles. The van der Waals surface area contributed by atoms with Crippen LogP contribution in [0.5, 0.6) is 0 Å². The van der Waals surface area contributed by atoms with Crippen molar-refractivity contribution >= 4 is 15.9 Å². The van der Waals surface area contributed by atoms with Gasteiger partial charge in [-0.05, 0) is 40.5 Å². The fourth-order valence-corrected chi connectivity index (χ4v) is 2.01. The Morgan fingerprint density at radius 2 is 2.12 bits per heavy atom. The lowest BCUT2D eigenvalue weighted by atomic mass is 9.95. The van der Waals surface area contributed by atoms with E-state index in [-0.39, 0.29) is 0 Å². The molecule has 3 heteroatoms. The average molecular weight is 285 g/mol. The monoisotopic (exact) mass is 284 g/mol. The molecule has 2 unspecified atom stereocenters. The Bertz CT molecular complexity index is 297. The van der Waals surface area contributed by atoms with Gasteiger partial charge in [-0.1, -0.05) is 27.2 Å². The van der Waals surface area contributed by atoms with Crippen LogP contribution < -0.4 is 5.32 Å². The normalized spacial score (nSPS) is 14.8. The maximum absolute atomic E-state index is 4.43. The molecule has 0 fully saturated rings. The molecule has 0 bridgehead atoms. The van der Waals surface area contributed by atoms with Crippen LogP contribution in [0.25, 0.3) is 0 Å². The summed E-state index contributed by atoms with van der Waals surface area (Å²) in [4.78, 5) is 4.43. The first-order valence-electron chi connectivity index (χ1n) is 6.01. The van der Waals surface area contributed by atoms with Crippen LogP contribution in [0.1, 0.15) is 32.9 Å². The topological polar surface area (TPSA) is 24.9 Å². The minimum Gasteiger partial charge on any atom is -0.314 e. The van der Waals surface area contributed by atoms with Crippen LogP contribution in [0.15, 0.2) is 22.8 Å². The second-order valence-corrected chi connectivity index (χ2v) is 5.14. The van der Waals surface area contributed by atoms with Crippen LogP contribution in [0, 0.1) is 5.92 Å². The van der Waals surface area contributed by atoms with Gasteiger partial charge in [-0.15, -0.1) is 0 Å². The summed E-state index contributed by atoms with van der Waals surface area (Å²) in [6.07, 6.45) is 4.08. The average Bonchev–Trinajstić information content (AvgIpc) is 2.30. The molecule has 1 aromatic rings. The van der Waals surface area contributed by atoms with E-state index < -0.39 is 0 Å². The summed E-state index contributed by atoms with van der Waals surface area (Å²) in [5.74, 6) is 0.686. The van der Waals surface area contributed by atoms with E-state index in [1.807, 2.05) is 6.20 Å². The van der Waals surface area contributed by atoms with Gasteiger partial charge in [0, 0.05) is 28.8 Å². The van der Waals surface area contributed by atoms with E-state index in [0.29, 0.717) is 12.0 Å². The minimum atomic E-state index is 0.531. The third-order valence-corrected chi connectivity index (χ3v) is 3.48. The third kappa shape index (κ3) is 4.22. The second-order valence-electron chi connectivity index (χ2n) is 4.22. The highest BCUT2D eigenvalue weighted by atomic mass is 79.9. The number of hydrogen-bond acceptors (Lipinski definition) is 2. The summed E-state index contributed by atoms with van der Waals surface area (Å²) < 4.78 is 1.04. The molecule has 16 heavy (non-hydrogen) atoms. The predicted molar refractivity (Wildman–Crippen MR) is 72.6 cm³/mol. The van der Waals surface area contributed by atoms with Crippen molar-refractivity contribution < 1.29 is 0 Å². The van der Waals surface area contributed by atoms with E-state index in [1.54, 1.807) is 0 Å².